The Morgan fingerprint density at radius 2 is 1.50 bits per heavy atom. The standard InChI is InChI=1S/C9H13N.C2H6/c1-7-3-5-9(6-4-7)8(2)10;1-2/h3-6,8H,10H2,1-2H3;1-2H3/t8-;/m0./s1. The summed E-state index contributed by atoms with van der Waals surface area (Å²) in [6, 6.07) is 8.46. The molecule has 0 fully saturated rings. The second-order valence-electron chi connectivity index (χ2n) is 2.70. The van der Waals surface area contributed by atoms with Crippen molar-refractivity contribution < 1.29 is 0 Å². The van der Waals surface area contributed by atoms with Crippen molar-refractivity contribution >= 4 is 0 Å². The van der Waals surface area contributed by atoms with Gasteiger partial charge >= 0.3 is 0 Å². The van der Waals surface area contributed by atoms with Crippen molar-refractivity contribution in [2.45, 2.75) is 33.7 Å². The molecule has 0 radical (unpaired) electrons. The molecule has 0 heterocycles. The van der Waals surface area contributed by atoms with E-state index in [1.165, 1.54) is 11.1 Å². The third kappa shape index (κ3) is 3.54. The van der Waals surface area contributed by atoms with Gasteiger partial charge in [0, 0.05) is 6.04 Å². The molecule has 0 saturated heterocycles. The molecule has 0 aromatic heterocycles. The average molecular weight is 165 g/mol. The molecule has 12 heavy (non-hydrogen) atoms. The fourth-order valence-corrected chi connectivity index (χ4v) is 0.870. The predicted molar refractivity (Wildman–Crippen MR) is 55.1 cm³/mol. The lowest BCUT2D eigenvalue weighted by Gasteiger charge is -2.03. The summed E-state index contributed by atoms with van der Waals surface area (Å²) in [6.07, 6.45) is 0. The summed E-state index contributed by atoms with van der Waals surface area (Å²) in [7, 11) is 0. The fraction of sp³-hybridized carbons (Fsp3) is 0.455. The molecule has 1 aromatic carbocycles. The first-order valence-electron chi connectivity index (χ1n) is 4.52. The number of aryl methyl sites for hydroxylation is 1. The number of hydrogen-bond donors (Lipinski definition) is 1. The van der Waals surface area contributed by atoms with Crippen LogP contribution in [-0.4, -0.2) is 0 Å². The average Bonchev–Trinajstić information content (AvgIpc) is 2.09. The summed E-state index contributed by atoms with van der Waals surface area (Å²) in [4.78, 5) is 0. The monoisotopic (exact) mass is 165 g/mol. The molecule has 1 heteroatoms. The number of hydrogen-bond acceptors (Lipinski definition) is 1. The van der Waals surface area contributed by atoms with Gasteiger partial charge in [-0.1, -0.05) is 43.7 Å². The number of rotatable bonds is 1. The molecule has 0 amide bonds. The van der Waals surface area contributed by atoms with E-state index in [0.717, 1.165) is 0 Å². The van der Waals surface area contributed by atoms with Crippen LogP contribution < -0.4 is 5.73 Å². The Kier molecular flexibility index (Phi) is 5.39. The van der Waals surface area contributed by atoms with E-state index in [4.69, 9.17) is 5.73 Å². The van der Waals surface area contributed by atoms with E-state index in [1.54, 1.807) is 0 Å². The van der Waals surface area contributed by atoms with Crippen LogP contribution in [0, 0.1) is 6.92 Å². The van der Waals surface area contributed by atoms with E-state index in [0.29, 0.717) is 0 Å². The van der Waals surface area contributed by atoms with Crippen LogP contribution in [0.2, 0.25) is 0 Å². The fourth-order valence-electron chi connectivity index (χ4n) is 0.870. The summed E-state index contributed by atoms with van der Waals surface area (Å²) >= 11 is 0. The van der Waals surface area contributed by atoms with Gasteiger partial charge in [-0.3, -0.25) is 0 Å². The first-order valence-corrected chi connectivity index (χ1v) is 4.52. The zero-order valence-corrected chi connectivity index (χ0v) is 8.46. The lowest BCUT2D eigenvalue weighted by atomic mass is 10.1. The minimum atomic E-state index is 0.153. The minimum Gasteiger partial charge on any atom is -0.324 e. The molecule has 0 aliphatic rings. The molecular weight excluding hydrogens is 146 g/mol. The van der Waals surface area contributed by atoms with Crippen molar-refractivity contribution in [2.24, 2.45) is 5.73 Å². The van der Waals surface area contributed by atoms with Gasteiger partial charge in [0.2, 0.25) is 0 Å². The minimum absolute atomic E-state index is 0.153. The summed E-state index contributed by atoms with van der Waals surface area (Å²) in [5, 5.41) is 0. The Balaban J connectivity index is 0.000000561. The topological polar surface area (TPSA) is 26.0 Å². The van der Waals surface area contributed by atoms with Gasteiger partial charge in [-0.05, 0) is 19.4 Å². The van der Waals surface area contributed by atoms with Gasteiger partial charge in [0.15, 0.2) is 0 Å². The highest BCUT2D eigenvalue weighted by Gasteiger charge is 1.95. The van der Waals surface area contributed by atoms with Crippen LogP contribution in [-0.2, 0) is 0 Å². The highest BCUT2D eigenvalue weighted by molar-refractivity contribution is 5.23. The van der Waals surface area contributed by atoms with Crippen LogP contribution in [0.4, 0.5) is 0 Å². The highest BCUT2D eigenvalue weighted by atomic mass is 14.6. The molecule has 1 rings (SSSR count). The normalized spacial score (nSPS) is 11.4. The maximum Gasteiger partial charge on any atom is 0.0266 e. The predicted octanol–water partition coefficient (Wildman–Crippen LogP) is 3.04. The summed E-state index contributed by atoms with van der Waals surface area (Å²) in [5.74, 6) is 0. The van der Waals surface area contributed by atoms with Gasteiger partial charge in [0.1, 0.15) is 0 Å². The second-order valence-corrected chi connectivity index (χ2v) is 2.70. The third-order valence-corrected chi connectivity index (χ3v) is 1.60. The van der Waals surface area contributed by atoms with Crippen LogP contribution >= 0.6 is 0 Å². The molecule has 0 aliphatic carbocycles. The van der Waals surface area contributed by atoms with Crippen molar-refractivity contribution in [3.8, 4) is 0 Å². The summed E-state index contributed by atoms with van der Waals surface area (Å²) < 4.78 is 0. The molecule has 0 saturated carbocycles. The molecule has 0 bridgehead atoms. The molecule has 1 nitrogen and oxygen atoms in total. The maximum atomic E-state index is 5.66. The summed E-state index contributed by atoms with van der Waals surface area (Å²) in [6.45, 7) is 8.07. The maximum absolute atomic E-state index is 5.66. The molecule has 68 valence electrons. The highest BCUT2D eigenvalue weighted by Crippen LogP contribution is 2.09. The van der Waals surface area contributed by atoms with Gasteiger partial charge in [-0.25, -0.2) is 0 Å². The zero-order chi connectivity index (χ0) is 9.56. The van der Waals surface area contributed by atoms with E-state index in [2.05, 4.69) is 31.2 Å². The third-order valence-electron chi connectivity index (χ3n) is 1.60. The van der Waals surface area contributed by atoms with E-state index in [1.807, 2.05) is 20.8 Å². The van der Waals surface area contributed by atoms with Crippen molar-refractivity contribution in [2.75, 3.05) is 0 Å². The van der Waals surface area contributed by atoms with Gasteiger partial charge in [-0.2, -0.15) is 0 Å². The van der Waals surface area contributed by atoms with Crippen LogP contribution in [0.3, 0.4) is 0 Å². The number of nitrogens with two attached hydrogens (primary N) is 1. The van der Waals surface area contributed by atoms with E-state index >= 15 is 0 Å². The Bertz CT molecular complexity index is 199. The lowest BCUT2D eigenvalue weighted by molar-refractivity contribution is 0.818. The molecule has 1 atom stereocenters. The smallest absolute Gasteiger partial charge is 0.0266 e. The molecular formula is C11H19N. The van der Waals surface area contributed by atoms with Crippen molar-refractivity contribution in [3.05, 3.63) is 35.4 Å². The van der Waals surface area contributed by atoms with Gasteiger partial charge in [-0.15, -0.1) is 0 Å². The quantitative estimate of drug-likeness (QED) is 0.680. The van der Waals surface area contributed by atoms with Crippen LogP contribution in [0.25, 0.3) is 0 Å². The number of benzene rings is 1. The van der Waals surface area contributed by atoms with Gasteiger partial charge in [0.05, 0.1) is 0 Å². The Morgan fingerprint density at radius 1 is 1.08 bits per heavy atom. The van der Waals surface area contributed by atoms with Crippen molar-refractivity contribution in [3.63, 3.8) is 0 Å². The van der Waals surface area contributed by atoms with Crippen LogP contribution in [0.5, 0.6) is 0 Å². The first-order chi connectivity index (χ1) is 5.70. The van der Waals surface area contributed by atoms with Crippen molar-refractivity contribution in [1.29, 1.82) is 0 Å². The van der Waals surface area contributed by atoms with Gasteiger partial charge in [0.25, 0.3) is 0 Å². The Morgan fingerprint density at radius 3 is 1.83 bits per heavy atom. The van der Waals surface area contributed by atoms with Crippen LogP contribution in [0.15, 0.2) is 24.3 Å². The first kappa shape index (κ1) is 11.2. The summed E-state index contributed by atoms with van der Waals surface area (Å²) in [5.41, 5.74) is 8.15. The van der Waals surface area contributed by atoms with E-state index in [-0.39, 0.29) is 6.04 Å². The van der Waals surface area contributed by atoms with Gasteiger partial charge < -0.3 is 5.73 Å². The molecule has 1 aromatic rings. The Labute approximate surface area is 75.6 Å². The molecule has 2 N–H and O–H groups in total. The molecule has 0 unspecified atom stereocenters. The molecule has 0 spiro atoms. The lowest BCUT2D eigenvalue weighted by Crippen LogP contribution is -2.04. The van der Waals surface area contributed by atoms with Crippen LogP contribution in [0.1, 0.15) is 37.9 Å². The Hall–Kier alpha value is -0.820. The SMILES string of the molecule is CC.Cc1ccc([C@H](C)N)cc1. The second kappa shape index (κ2) is 5.78. The molecule has 0 aliphatic heterocycles. The van der Waals surface area contributed by atoms with E-state index in [9.17, 15) is 0 Å². The van der Waals surface area contributed by atoms with Crippen molar-refractivity contribution in [1.82, 2.24) is 0 Å². The largest absolute Gasteiger partial charge is 0.324 e. The van der Waals surface area contributed by atoms with E-state index < -0.39 is 0 Å². The zero-order valence-electron chi connectivity index (χ0n) is 8.46.